The van der Waals surface area contributed by atoms with E-state index in [9.17, 15) is 5.11 Å². The van der Waals surface area contributed by atoms with Gasteiger partial charge in [-0.2, -0.15) is 8.42 Å². The van der Waals surface area contributed by atoms with Gasteiger partial charge in [-0.1, -0.05) is 6.07 Å². The average molecular weight is 250 g/mol. The van der Waals surface area contributed by atoms with Gasteiger partial charge in [-0.15, -0.1) is 0 Å². The Labute approximate surface area is 93.3 Å². The molecule has 1 unspecified atom stereocenters. The van der Waals surface area contributed by atoms with E-state index in [1.807, 2.05) is 0 Å². The van der Waals surface area contributed by atoms with E-state index in [0.29, 0.717) is 16.9 Å². The first-order valence-corrected chi connectivity index (χ1v) is 5.54. The van der Waals surface area contributed by atoms with E-state index < -0.39 is 16.5 Å². The highest BCUT2D eigenvalue weighted by atomic mass is 32.3. The van der Waals surface area contributed by atoms with Gasteiger partial charge in [0.2, 0.25) is 0 Å². The third kappa shape index (κ3) is 6.19. The van der Waals surface area contributed by atoms with E-state index in [-0.39, 0.29) is 0 Å². The lowest BCUT2D eigenvalue weighted by Gasteiger charge is -2.10. The first kappa shape index (κ1) is 14.6. The van der Waals surface area contributed by atoms with E-state index in [1.165, 1.54) is 0 Å². The number of nitrogen functional groups attached to an aromatic ring is 2. The lowest BCUT2D eigenvalue weighted by atomic mass is 10.1. The molecular weight excluding hydrogens is 236 g/mol. The highest BCUT2D eigenvalue weighted by Gasteiger charge is 2.07. The van der Waals surface area contributed by atoms with Crippen molar-refractivity contribution in [2.75, 3.05) is 11.5 Å². The third-order valence-electron chi connectivity index (χ3n) is 1.59. The number of rotatable bonds is 1. The summed E-state index contributed by atoms with van der Waals surface area (Å²) in [5, 5.41) is 9.23. The second-order valence-electron chi connectivity index (χ2n) is 2.97. The monoisotopic (exact) mass is 250 g/mol. The van der Waals surface area contributed by atoms with Crippen molar-refractivity contribution in [1.82, 2.24) is 0 Å². The SMILES string of the molecule is CC(O)c1c(N)cccc1N.O=S(=O)(O)O. The molecular formula is C8H14N2O5S. The van der Waals surface area contributed by atoms with E-state index in [4.69, 9.17) is 29.0 Å². The van der Waals surface area contributed by atoms with Gasteiger partial charge in [0.1, 0.15) is 0 Å². The summed E-state index contributed by atoms with van der Waals surface area (Å²) in [6.07, 6.45) is -0.601. The molecule has 16 heavy (non-hydrogen) atoms. The second-order valence-corrected chi connectivity index (χ2v) is 3.87. The summed E-state index contributed by atoms with van der Waals surface area (Å²) in [4.78, 5) is 0. The van der Waals surface area contributed by atoms with Gasteiger partial charge in [0.25, 0.3) is 0 Å². The van der Waals surface area contributed by atoms with Crippen LogP contribution in [0.5, 0.6) is 0 Å². The lowest BCUT2D eigenvalue weighted by molar-refractivity contribution is 0.201. The zero-order valence-corrected chi connectivity index (χ0v) is 9.35. The van der Waals surface area contributed by atoms with Crippen molar-refractivity contribution in [2.24, 2.45) is 0 Å². The molecule has 0 aromatic heterocycles. The van der Waals surface area contributed by atoms with Gasteiger partial charge >= 0.3 is 10.4 Å². The van der Waals surface area contributed by atoms with Crippen molar-refractivity contribution < 1.29 is 22.6 Å². The molecule has 1 rings (SSSR count). The molecule has 0 bridgehead atoms. The summed E-state index contributed by atoms with van der Waals surface area (Å²) < 4.78 is 31.6. The van der Waals surface area contributed by atoms with E-state index >= 15 is 0 Å². The third-order valence-corrected chi connectivity index (χ3v) is 1.59. The van der Waals surface area contributed by atoms with Crippen LogP contribution in [0.1, 0.15) is 18.6 Å². The van der Waals surface area contributed by atoms with Crippen molar-refractivity contribution >= 4 is 21.8 Å². The van der Waals surface area contributed by atoms with Gasteiger partial charge in [0.05, 0.1) is 6.10 Å². The molecule has 7 nitrogen and oxygen atoms in total. The number of hydrogen-bond acceptors (Lipinski definition) is 5. The Kier molecular flexibility index (Phi) is 5.18. The number of hydrogen-bond donors (Lipinski definition) is 5. The quantitative estimate of drug-likeness (QED) is 0.354. The van der Waals surface area contributed by atoms with E-state index in [0.717, 1.165) is 0 Å². The predicted octanol–water partition coefficient (Wildman–Crippen LogP) is 0.252. The smallest absolute Gasteiger partial charge is 0.394 e. The minimum atomic E-state index is -4.67. The molecule has 1 aromatic carbocycles. The molecule has 1 aromatic rings. The Morgan fingerprint density at radius 1 is 1.19 bits per heavy atom. The van der Waals surface area contributed by atoms with Crippen LogP contribution in [0.25, 0.3) is 0 Å². The van der Waals surface area contributed by atoms with Gasteiger partial charge in [-0.25, -0.2) is 0 Å². The maximum absolute atomic E-state index is 9.23. The van der Waals surface area contributed by atoms with Crippen LogP contribution in [-0.4, -0.2) is 22.6 Å². The van der Waals surface area contributed by atoms with Crippen LogP contribution < -0.4 is 11.5 Å². The fourth-order valence-electron chi connectivity index (χ4n) is 1.08. The summed E-state index contributed by atoms with van der Waals surface area (Å²) >= 11 is 0. The summed E-state index contributed by atoms with van der Waals surface area (Å²) in [6, 6.07) is 5.20. The van der Waals surface area contributed by atoms with Crippen LogP contribution in [0.2, 0.25) is 0 Å². The zero-order valence-electron chi connectivity index (χ0n) is 8.53. The van der Waals surface area contributed by atoms with Crippen molar-refractivity contribution in [3.8, 4) is 0 Å². The molecule has 0 radical (unpaired) electrons. The number of aliphatic hydroxyl groups is 1. The molecule has 0 aliphatic carbocycles. The van der Waals surface area contributed by atoms with Crippen molar-refractivity contribution in [3.63, 3.8) is 0 Å². The van der Waals surface area contributed by atoms with Crippen LogP contribution in [0.15, 0.2) is 18.2 Å². The van der Waals surface area contributed by atoms with Gasteiger partial charge < -0.3 is 16.6 Å². The molecule has 1 atom stereocenters. The number of anilines is 2. The molecule has 92 valence electrons. The molecule has 0 heterocycles. The second kappa shape index (κ2) is 5.66. The highest BCUT2D eigenvalue weighted by Crippen LogP contribution is 2.25. The average Bonchev–Trinajstić information content (AvgIpc) is 1.99. The Bertz CT molecular complexity index is 415. The molecule has 0 saturated carbocycles. The maximum atomic E-state index is 9.23. The van der Waals surface area contributed by atoms with Gasteiger partial charge in [-0.05, 0) is 19.1 Å². The van der Waals surface area contributed by atoms with Crippen molar-refractivity contribution in [1.29, 1.82) is 0 Å². The van der Waals surface area contributed by atoms with Gasteiger partial charge in [-0.3, -0.25) is 9.11 Å². The molecule has 0 amide bonds. The minimum absolute atomic E-state index is 0.542. The van der Waals surface area contributed by atoms with Crippen LogP contribution in [0.3, 0.4) is 0 Å². The number of benzene rings is 1. The predicted molar refractivity (Wildman–Crippen MR) is 60.1 cm³/mol. The molecule has 0 saturated heterocycles. The summed E-state index contributed by atoms with van der Waals surface area (Å²) in [5.74, 6) is 0. The standard InChI is InChI=1S/C8H12N2O.H2O4S/c1-5(11)8-6(9)3-2-4-7(8)10;1-5(2,3)4/h2-5,11H,9-10H2,1H3;(H2,1,2,3,4). The zero-order chi connectivity index (χ0) is 12.9. The van der Waals surface area contributed by atoms with Gasteiger partial charge in [0, 0.05) is 16.9 Å². The van der Waals surface area contributed by atoms with E-state index in [1.54, 1.807) is 25.1 Å². The summed E-state index contributed by atoms with van der Waals surface area (Å²) in [7, 11) is -4.67. The molecule has 0 fully saturated rings. The molecule has 0 aliphatic rings. The van der Waals surface area contributed by atoms with E-state index in [2.05, 4.69) is 0 Å². The largest absolute Gasteiger partial charge is 0.398 e. The maximum Gasteiger partial charge on any atom is 0.394 e. The molecule has 8 heteroatoms. The minimum Gasteiger partial charge on any atom is -0.398 e. The number of aliphatic hydroxyl groups excluding tert-OH is 1. The van der Waals surface area contributed by atoms with Crippen LogP contribution in [0.4, 0.5) is 11.4 Å². The summed E-state index contributed by atoms with van der Waals surface area (Å²) in [5.41, 5.74) is 12.9. The van der Waals surface area contributed by atoms with Crippen LogP contribution >= 0.6 is 0 Å². The summed E-state index contributed by atoms with van der Waals surface area (Å²) in [6.45, 7) is 1.64. The number of nitrogens with two attached hydrogens (primary N) is 2. The normalized spacial score (nSPS) is 12.5. The Morgan fingerprint density at radius 2 is 1.50 bits per heavy atom. The van der Waals surface area contributed by atoms with Crippen LogP contribution in [-0.2, 0) is 10.4 Å². The fraction of sp³-hybridized carbons (Fsp3) is 0.250. The Balaban J connectivity index is 0.000000385. The first-order valence-electron chi connectivity index (χ1n) is 4.14. The highest BCUT2D eigenvalue weighted by molar-refractivity contribution is 7.79. The topological polar surface area (TPSA) is 147 Å². The fourth-order valence-corrected chi connectivity index (χ4v) is 1.08. The Hall–Kier alpha value is -1.35. The van der Waals surface area contributed by atoms with Crippen molar-refractivity contribution in [3.05, 3.63) is 23.8 Å². The molecule has 0 aliphatic heterocycles. The van der Waals surface area contributed by atoms with Crippen molar-refractivity contribution in [2.45, 2.75) is 13.0 Å². The molecule has 7 N–H and O–H groups in total. The Morgan fingerprint density at radius 3 is 1.69 bits per heavy atom. The van der Waals surface area contributed by atoms with Crippen LogP contribution in [0, 0.1) is 0 Å². The molecule has 0 spiro atoms. The lowest BCUT2D eigenvalue weighted by Crippen LogP contribution is -2.02. The first-order chi connectivity index (χ1) is 7.13. The van der Waals surface area contributed by atoms with Gasteiger partial charge in [0.15, 0.2) is 0 Å².